The lowest BCUT2D eigenvalue weighted by Crippen LogP contribution is -2.48. The summed E-state index contributed by atoms with van der Waals surface area (Å²) in [6.07, 6.45) is 6.89. The third-order valence-electron chi connectivity index (χ3n) is 4.76. The van der Waals surface area contributed by atoms with Crippen LogP contribution in [0.1, 0.15) is 52.9 Å². The van der Waals surface area contributed by atoms with Gasteiger partial charge in [0, 0.05) is 12.6 Å². The van der Waals surface area contributed by atoms with Crippen molar-refractivity contribution in [1.82, 2.24) is 4.90 Å². The van der Waals surface area contributed by atoms with Crippen molar-refractivity contribution in [3.63, 3.8) is 0 Å². The first-order valence-electron chi connectivity index (χ1n) is 7.44. The molecule has 0 aromatic rings. The van der Waals surface area contributed by atoms with Gasteiger partial charge in [0.2, 0.25) is 0 Å². The van der Waals surface area contributed by atoms with Crippen LogP contribution >= 0.6 is 0 Å². The highest BCUT2D eigenvalue weighted by Crippen LogP contribution is 2.41. The summed E-state index contributed by atoms with van der Waals surface area (Å²) >= 11 is 0. The highest BCUT2D eigenvalue weighted by Gasteiger charge is 2.36. The number of hydrogen-bond donors (Lipinski definition) is 1. The van der Waals surface area contributed by atoms with E-state index in [2.05, 4.69) is 25.7 Å². The summed E-state index contributed by atoms with van der Waals surface area (Å²) in [6, 6.07) is 0.822. The van der Waals surface area contributed by atoms with E-state index in [9.17, 15) is 0 Å². The van der Waals surface area contributed by atoms with E-state index in [4.69, 9.17) is 5.73 Å². The number of hydrogen-bond acceptors (Lipinski definition) is 2. The van der Waals surface area contributed by atoms with Gasteiger partial charge in [-0.05, 0) is 62.4 Å². The highest BCUT2D eigenvalue weighted by molar-refractivity contribution is 4.89. The second kappa shape index (κ2) is 5.27. The first-order chi connectivity index (χ1) is 8.00. The third kappa shape index (κ3) is 3.45. The molecular weight excluding hydrogens is 208 g/mol. The van der Waals surface area contributed by atoms with E-state index < -0.39 is 0 Å². The fraction of sp³-hybridized carbons (Fsp3) is 1.00. The maximum atomic E-state index is 5.85. The Hall–Kier alpha value is -0.0800. The number of rotatable bonds is 2. The quantitative estimate of drug-likeness (QED) is 0.801. The zero-order valence-electron chi connectivity index (χ0n) is 11.9. The molecule has 1 saturated heterocycles. The average molecular weight is 238 g/mol. The molecule has 1 saturated carbocycles. The van der Waals surface area contributed by atoms with Gasteiger partial charge < -0.3 is 10.6 Å². The molecule has 2 heteroatoms. The van der Waals surface area contributed by atoms with Gasteiger partial charge in [-0.1, -0.05) is 20.8 Å². The first kappa shape index (κ1) is 13.4. The molecule has 2 nitrogen and oxygen atoms in total. The van der Waals surface area contributed by atoms with Crippen molar-refractivity contribution in [3.05, 3.63) is 0 Å². The summed E-state index contributed by atoms with van der Waals surface area (Å²) < 4.78 is 0. The Kier molecular flexibility index (Phi) is 4.14. The van der Waals surface area contributed by atoms with Crippen LogP contribution in [-0.2, 0) is 0 Å². The van der Waals surface area contributed by atoms with E-state index in [1.807, 2.05) is 0 Å². The van der Waals surface area contributed by atoms with E-state index in [1.54, 1.807) is 0 Å². The predicted octanol–water partition coefficient (Wildman–Crippen LogP) is 2.87. The minimum atomic E-state index is 0.540. The standard InChI is InChI=1S/C15H30N2/c1-12-7-14(9-15(2,3)8-12)17-6-4-5-13(10-16)11-17/h12-14H,4-11,16H2,1-3H3/t12-,13+,14+/m1/s1. The molecule has 17 heavy (non-hydrogen) atoms. The van der Waals surface area contributed by atoms with Gasteiger partial charge >= 0.3 is 0 Å². The Morgan fingerprint density at radius 3 is 2.71 bits per heavy atom. The van der Waals surface area contributed by atoms with E-state index in [-0.39, 0.29) is 0 Å². The minimum Gasteiger partial charge on any atom is -0.330 e. The Labute approximate surface area is 107 Å². The van der Waals surface area contributed by atoms with Crippen molar-refractivity contribution in [2.45, 2.75) is 58.9 Å². The molecule has 1 aliphatic carbocycles. The zero-order valence-corrected chi connectivity index (χ0v) is 11.9. The molecule has 0 aromatic carbocycles. The molecular formula is C15H30N2. The van der Waals surface area contributed by atoms with Crippen molar-refractivity contribution in [1.29, 1.82) is 0 Å². The molecule has 3 atom stereocenters. The largest absolute Gasteiger partial charge is 0.330 e. The van der Waals surface area contributed by atoms with Crippen LogP contribution in [0.25, 0.3) is 0 Å². The number of nitrogens with zero attached hydrogens (tertiary/aromatic N) is 1. The molecule has 0 radical (unpaired) electrons. The zero-order chi connectivity index (χ0) is 12.5. The van der Waals surface area contributed by atoms with Crippen molar-refractivity contribution < 1.29 is 0 Å². The SMILES string of the molecule is C[C@@H]1C[C@H](N2CCC[C@@H](CN)C2)CC(C)(C)C1. The normalized spacial score (nSPS) is 39.2. The Balaban J connectivity index is 1.96. The van der Waals surface area contributed by atoms with Crippen LogP contribution < -0.4 is 5.73 Å². The molecule has 1 heterocycles. The average Bonchev–Trinajstić information content (AvgIpc) is 2.26. The fourth-order valence-electron chi connectivity index (χ4n) is 4.20. The fourth-order valence-corrected chi connectivity index (χ4v) is 4.20. The number of nitrogens with two attached hydrogens (primary N) is 1. The Bertz CT molecular complexity index is 249. The molecule has 0 bridgehead atoms. The van der Waals surface area contributed by atoms with Gasteiger partial charge in [-0.2, -0.15) is 0 Å². The summed E-state index contributed by atoms with van der Waals surface area (Å²) in [5.41, 5.74) is 6.39. The van der Waals surface area contributed by atoms with E-state index >= 15 is 0 Å². The van der Waals surface area contributed by atoms with Crippen LogP contribution in [-0.4, -0.2) is 30.6 Å². The van der Waals surface area contributed by atoms with Crippen molar-refractivity contribution in [2.24, 2.45) is 23.0 Å². The lowest BCUT2D eigenvalue weighted by atomic mass is 9.70. The Morgan fingerprint density at radius 1 is 1.29 bits per heavy atom. The molecule has 2 rings (SSSR count). The van der Waals surface area contributed by atoms with Gasteiger partial charge in [0.25, 0.3) is 0 Å². The van der Waals surface area contributed by atoms with Gasteiger partial charge in [0.1, 0.15) is 0 Å². The van der Waals surface area contributed by atoms with Crippen molar-refractivity contribution in [2.75, 3.05) is 19.6 Å². The minimum absolute atomic E-state index is 0.540. The molecule has 0 unspecified atom stereocenters. The van der Waals surface area contributed by atoms with Crippen LogP contribution in [0.5, 0.6) is 0 Å². The summed E-state index contributed by atoms with van der Waals surface area (Å²) in [6.45, 7) is 10.8. The molecule has 2 fully saturated rings. The smallest absolute Gasteiger partial charge is 0.0103 e. The summed E-state index contributed by atoms with van der Waals surface area (Å²) in [5.74, 6) is 1.64. The topological polar surface area (TPSA) is 29.3 Å². The number of likely N-dealkylation sites (tertiary alicyclic amines) is 1. The summed E-state index contributed by atoms with van der Waals surface area (Å²) in [4.78, 5) is 2.75. The van der Waals surface area contributed by atoms with Crippen LogP contribution in [0.2, 0.25) is 0 Å². The highest BCUT2D eigenvalue weighted by atomic mass is 15.2. The monoisotopic (exact) mass is 238 g/mol. The van der Waals surface area contributed by atoms with Crippen LogP contribution in [0.4, 0.5) is 0 Å². The Morgan fingerprint density at radius 2 is 2.06 bits per heavy atom. The van der Waals surface area contributed by atoms with E-state index in [0.717, 1.165) is 24.4 Å². The lowest BCUT2D eigenvalue weighted by molar-refractivity contribution is 0.0406. The van der Waals surface area contributed by atoms with Gasteiger partial charge in [0.05, 0.1) is 0 Å². The van der Waals surface area contributed by atoms with Gasteiger partial charge in [0.15, 0.2) is 0 Å². The number of piperidine rings is 1. The second-order valence-electron chi connectivity index (χ2n) is 7.31. The maximum Gasteiger partial charge on any atom is 0.0103 e. The maximum absolute atomic E-state index is 5.85. The van der Waals surface area contributed by atoms with Gasteiger partial charge in [-0.25, -0.2) is 0 Å². The first-order valence-corrected chi connectivity index (χ1v) is 7.44. The lowest BCUT2D eigenvalue weighted by Gasteiger charge is -2.46. The molecule has 0 aromatic heterocycles. The molecule has 2 aliphatic rings. The molecule has 0 amide bonds. The molecule has 1 aliphatic heterocycles. The molecule has 0 spiro atoms. The van der Waals surface area contributed by atoms with Gasteiger partial charge in [-0.3, -0.25) is 0 Å². The van der Waals surface area contributed by atoms with Crippen LogP contribution in [0.3, 0.4) is 0 Å². The second-order valence-corrected chi connectivity index (χ2v) is 7.31. The third-order valence-corrected chi connectivity index (χ3v) is 4.76. The van der Waals surface area contributed by atoms with Gasteiger partial charge in [-0.15, -0.1) is 0 Å². The van der Waals surface area contributed by atoms with E-state index in [0.29, 0.717) is 5.41 Å². The summed E-state index contributed by atoms with van der Waals surface area (Å²) in [5, 5.41) is 0. The van der Waals surface area contributed by atoms with Crippen molar-refractivity contribution in [3.8, 4) is 0 Å². The molecule has 2 N–H and O–H groups in total. The van der Waals surface area contributed by atoms with Crippen LogP contribution in [0, 0.1) is 17.3 Å². The summed E-state index contributed by atoms with van der Waals surface area (Å²) in [7, 11) is 0. The van der Waals surface area contributed by atoms with Crippen molar-refractivity contribution >= 4 is 0 Å². The van der Waals surface area contributed by atoms with Crippen LogP contribution in [0.15, 0.2) is 0 Å². The predicted molar refractivity (Wildman–Crippen MR) is 73.9 cm³/mol. The molecule has 100 valence electrons. The van der Waals surface area contributed by atoms with E-state index in [1.165, 1.54) is 45.2 Å².